The van der Waals surface area contributed by atoms with E-state index in [-0.39, 0.29) is 10.8 Å². The summed E-state index contributed by atoms with van der Waals surface area (Å²) < 4.78 is 27.2. The molecule has 156 valence electrons. The smallest absolute Gasteiger partial charge is 0.263 e. The Labute approximate surface area is 184 Å². The second kappa shape index (κ2) is 9.11. The van der Waals surface area contributed by atoms with Gasteiger partial charge < -0.3 is 5.32 Å². The van der Waals surface area contributed by atoms with E-state index in [2.05, 4.69) is 15.0 Å². The van der Waals surface area contributed by atoms with Crippen molar-refractivity contribution in [3.8, 4) is 11.1 Å². The van der Waals surface area contributed by atoms with E-state index in [9.17, 15) is 13.2 Å². The number of anilines is 1. The van der Waals surface area contributed by atoms with Gasteiger partial charge in [0, 0.05) is 23.7 Å². The summed E-state index contributed by atoms with van der Waals surface area (Å²) in [5, 5.41) is 4.85. The first kappa shape index (κ1) is 20.8. The van der Waals surface area contributed by atoms with E-state index in [0.717, 1.165) is 16.7 Å². The van der Waals surface area contributed by atoms with Crippen LogP contribution in [0.2, 0.25) is 0 Å². The van der Waals surface area contributed by atoms with Crippen LogP contribution < -0.4 is 10.0 Å². The molecule has 0 aliphatic rings. The van der Waals surface area contributed by atoms with Crippen molar-refractivity contribution in [1.29, 1.82) is 0 Å². The Kier molecular flexibility index (Phi) is 6.11. The van der Waals surface area contributed by atoms with E-state index >= 15 is 0 Å². The van der Waals surface area contributed by atoms with Crippen molar-refractivity contribution < 1.29 is 13.2 Å². The van der Waals surface area contributed by atoms with Crippen LogP contribution in [0.5, 0.6) is 0 Å². The third kappa shape index (κ3) is 5.17. The van der Waals surface area contributed by atoms with Gasteiger partial charge in [0.25, 0.3) is 15.9 Å². The lowest BCUT2D eigenvalue weighted by Crippen LogP contribution is -2.23. The third-order valence-corrected chi connectivity index (χ3v) is 6.74. The molecule has 0 unspecified atom stereocenters. The molecule has 8 heteroatoms. The molecule has 0 aliphatic heterocycles. The first-order chi connectivity index (χ1) is 15.0. The Morgan fingerprint density at radius 3 is 2.35 bits per heavy atom. The van der Waals surface area contributed by atoms with Crippen LogP contribution in [0.1, 0.15) is 15.9 Å². The van der Waals surface area contributed by atoms with Crippen LogP contribution in [0.25, 0.3) is 11.1 Å². The molecule has 3 aromatic carbocycles. The van der Waals surface area contributed by atoms with Crippen LogP contribution in [0, 0.1) is 0 Å². The molecule has 4 rings (SSSR count). The number of amides is 1. The second-order valence-electron chi connectivity index (χ2n) is 6.72. The van der Waals surface area contributed by atoms with Gasteiger partial charge in [-0.05, 0) is 47.0 Å². The molecule has 0 radical (unpaired) electrons. The van der Waals surface area contributed by atoms with Gasteiger partial charge in [-0.2, -0.15) is 0 Å². The van der Waals surface area contributed by atoms with Crippen molar-refractivity contribution in [2.45, 2.75) is 11.4 Å². The van der Waals surface area contributed by atoms with E-state index in [1.165, 1.54) is 41.8 Å². The molecule has 0 saturated heterocycles. The summed E-state index contributed by atoms with van der Waals surface area (Å²) in [7, 11) is -3.75. The number of carbonyl (C=O) groups excluding carboxylic acids is 1. The summed E-state index contributed by atoms with van der Waals surface area (Å²) in [5.41, 5.74) is 3.54. The molecule has 1 heterocycles. The summed E-state index contributed by atoms with van der Waals surface area (Å²) >= 11 is 1.19. The summed E-state index contributed by atoms with van der Waals surface area (Å²) in [4.78, 5) is 16.5. The average molecular weight is 450 g/mol. The Morgan fingerprint density at radius 2 is 1.65 bits per heavy atom. The quantitative estimate of drug-likeness (QED) is 0.434. The zero-order valence-corrected chi connectivity index (χ0v) is 18.0. The molecule has 0 spiro atoms. The van der Waals surface area contributed by atoms with Crippen LogP contribution in [0.15, 0.2) is 95.3 Å². The van der Waals surface area contributed by atoms with Crippen LogP contribution in [-0.2, 0) is 16.6 Å². The van der Waals surface area contributed by atoms with Crippen LogP contribution in [0.4, 0.5) is 5.13 Å². The van der Waals surface area contributed by atoms with Crippen molar-refractivity contribution in [1.82, 2.24) is 10.3 Å². The summed E-state index contributed by atoms with van der Waals surface area (Å²) in [6, 6.07) is 23.8. The summed E-state index contributed by atoms with van der Waals surface area (Å²) in [6.45, 7) is 0.366. The number of hydrogen-bond acceptors (Lipinski definition) is 5. The maximum absolute atomic E-state index is 12.5. The first-order valence-electron chi connectivity index (χ1n) is 9.46. The Balaban J connectivity index is 1.40. The SMILES string of the molecule is O=C(NCc1cccc(-c2ccccc2)c1)c1ccc(S(=O)(=O)Nc2nccs2)cc1. The highest BCUT2D eigenvalue weighted by molar-refractivity contribution is 7.93. The van der Waals surface area contributed by atoms with E-state index in [1.807, 2.05) is 54.6 Å². The molecule has 6 nitrogen and oxygen atoms in total. The fourth-order valence-corrected chi connectivity index (χ4v) is 4.80. The highest BCUT2D eigenvalue weighted by atomic mass is 32.2. The Morgan fingerprint density at radius 1 is 0.903 bits per heavy atom. The molecule has 4 aromatic rings. The normalized spacial score (nSPS) is 11.1. The first-order valence-corrected chi connectivity index (χ1v) is 11.8. The van der Waals surface area contributed by atoms with E-state index in [1.54, 1.807) is 5.38 Å². The molecule has 0 fully saturated rings. The second-order valence-corrected chi connectivity index (χ2v) is 9.29. The lowest BCUT2D eigenvalue weighted by atomic mass is 10.0. The number of aromatic nitrogens is 1. The fourth-order valence-electron chi connectivity index (χ4n) is 3.01. The van der Waals surface area contributed by atoms with Gasteiger partial charge in [-0.25, -0.2) is 13.4 Å². The molecule has 0 saturated carbocycles. The number of thiazole rings is 1. The van der Waals surface area contributed by atoms with Crippen molar-refractivity contribution in [2.24, 2.45) is 0 Å². The van der Waals surface area contributed by atoms with Gasteiger partial charge in [0.05, 0.1) is 4.90 Å². The minimum Gasteiger partial charge on any atom is -0.348 e. The zero-order valence-electron chi connectivity index (χ0n) is 16.4. The number of nitrogens with one attached hydrogen (secondary N) is 2. The highest BCUT2D eigenvalue weighted by Gasteiger charge is 2.16. The fraction of sp³-hybridized carbons (Fsp3) is 0.0435. The molecule has 31 heavy (non-hydrogen) atoms. The van der Waals surface area contributed by atoms with Crippen molar-refractivity contribution >= 4 is 32.4 Å². The number of nitrogens with zero attached hydrogens (tertiary/aromatic N) is 1. The third-order valence-electron chi connectivity index (χ3n) is 4.57. The number of hydrogen-bond donors (Lipinski definition) is 2. The Bertz CT molecular complexity index is 1270. The van der Waals surface area contributed by atoms with Crippen LogP contribution in [-0.4, -0.2) is 19.3 Å². The molecule has 1 amide bonds. The predicted octanol–water partition coefficient (Wildman–Crippen LogP) is 4.54. The Hall–Kier alpha value is -3.49. The topological polar surface area (TPSA) is 88.2 Å². The van der Waals surface area contributed by atoms with Crippen molar-refractivity contribution in [2.75, 3.05) is 4.72 Å². The lowest BCUT2D eigenvalue weighted by Gasteiger charge is -2.09. The van der Waals surface area contributed by atoms with Crippen molar-refractivity contribution in [3.63, 3.8) is 0 Å². The molecule has 0 aliphatic carbocycles. The predicted molar refractivity (Wildman–Crippen MR) is 122 cm³/mol. The molecule has 2 N–H and O–H groups in total. The van der Waals surface area contributed by atoms with Gasteiger partial charge in [-0.3, -0.25) is 9.52 Å². The minimum atomic E-state index is -3.75. The van der Waals surface area contributed by atoms with E-state index < -0.39 is 10.0 Å². The lowest BCUT2D eigenvalue weighted by molar-refractivity contribution is 0.0951. The molecular formula is C23H19N3O3S2. The molecule has 1 aromatic heterocycles. The minimum absolute atomic E-state index is 0.0646. The van der Waals surface area contributed by atoms with Gasteiger partial charge in [0.1, 0.15) is 0 Å². The summed E-state index contributed by atoms with van der Waals surface area (Å²) in [6.07, 6.45) is 1.52. The van der Waals surface area contributed by atoms with Gasteiger partial charge in [-0.15, -0.1) is 11.3 Å². The number of rotatable bonds is 7. The summed E-state index contributed by atoms with van der Waals surface area (Å²) in [5.74, 6) is -0.276. The van der Waals surface area contributed by atoms with Crippen LogP contribution in [0.3, 0.4) is 0 Å². The zero-order chi connectivity index (χ0) is 21.7. The maximum atomic E-state index is 12.5. The maximum Gasteiger partial charge on any atom is 0.263 e. The largest absolute Gasteiger partial charge is 0.348 e. The molecular weight excluding hydrogens is 430 g/mol. The van der Waals surface area contributed by atoms with Gasteiger partial charge in [0.2, 0.25) is 0 Å². The number of sulfonamides is 1. The van der Waals surface area contributed by atoms with Gasteiger partial charge in [-0.1, -0.05) is 48.5 Å². The molecule has 0 atom stereocenters. The van der Waals surface area contributed by atoms with Crippen molar-refractivity contribution in [3.05, 3.63) is 102 Å². The van der Waals surface area contributed by atoms with E-state index in [0.29, 0.717) is 17.2 Å². The number of carbonyl (C=O) groups is 1. The standard InChI is InChI=1S/C23H19N3O3S2/c27-22(25-16-17-5-4-8-20(15-17)18-6-2-1-3-7-18)19-9-11-21(12-10-19)31(28,29)26-23-24-13-14-30-23/h1-15H,16H2,(H,24,26)(H,25,27). The molecule has 0 bridgehead atoms. The highest BCUT2D eigenvalue weighted by Crippen LogP contribution is 2.20. The van der Waals surface area contributed by atoms with E-state index in [4.69, 9.17) is 0 Å². The number of benzene rings is 3. The van der Waals surface area contributed by atoms with Gasteiger partial charge >= 0.3 is 0 Å². The average Bonchev–Trinajstić information content (AvgIpc) is 3.31. The monoisotopic (exact) mass is 449 g/mol. The van der Waals surface area contributed by atoms with Crippen LogP contribution >= 0.6 is 11.3 Å². The van der Waals surface area contributed by atoms with Gasteiger partial charge in [0.15, 0.2) is 5.13 Å².